The van der Waals surface area contributed by atoms with Crippen LogP contribution in [0.1, 0.15) is 24.1 Å². The minimum Gasteiger partial charge on any atom is -0.306 e. The van der Waals surface area contributed by atoms with Gasteiger partial charge in [-0.15, -0.1) is 0 Å². The Labute approximate surface area is 136 Å². The van der Waals surface area contributed by atoms with E-state index in [1.54, 1.807) is 12.1 Å². The van der Waals surface area contributed by atoms with Crippen LogP contribution in [-0.2, 0) is 6.54 Å². The highest BCUT2D eigenvalue weighted by molar-refractivity contribution is 9.10. The van der Waals surface area contributed by atoms with E-state index >= 15 is 0 Å². The molecule has 110 valence electrons. The zero-order chi connectivity index (χ0) is 15.4. The zero-order valence-corrected chi connectivity index (χ0v) is 13.7. The Morgan fingerprint density at radius 1 is 1.33 bits per heavy atom. The molecule has 0 aliphatic rings. The first-order valence-electron chi connectivity index (χ1n) is 6.39. The normalized spacial score (nSPS) is 12.1. The van der Waals surface area contributed by atoms with Gasteiger partial charge in [0.05, 0.1) is 4.92 Å². The van der Waals surface area contributed by atoms with E-state index in [1.165, 1.54) is 6.07 Å². The Morgan fingerprint density at radius 3 is 2.71 bits per heavy atom. The molecule has 0 amide bonds. The van der Waals surface area contributed by atoms with Gasteiger partial charge in [0.25, 0.3) is 5.69 Å². The molecule has 0 aliphatic carbocycles. The molecule has 0 aromatic heterocycles. The number of nitrogens with one attached hydrogen (secondary N) is 1. The summed E-state index contributed by atoms with van der Waals surface area (Å²) in [6.45, 7) is 2.57. The summed E-state index contributed by atoms with van der Waals surface area (Å²) in [6.07, 6.45) is 0. The molecule has 0 radical (unpaired) electrons. The third kappa shape index (κ3) is 4.03. The van der Waals surface area contributed by atoms with Gasteiger partial charge in [-0.3, -0.25) is 10.1 Å². The smallest absolute Gasteiger partial charge is 0.288 e. The van der Waals surface area contributed by atoms with E-state index in [9.17, 15) is 10.1 Å². The maximum atomic E-state index is 10.9. The van der Waals surface area contributed by atoms with Gasteiger partial charge in [0.2, 0.25) is 0 Å². The van der Waals surface area contributed by atoms with E-state index in [-0.39, 0.29) is 16.8 Å². The van der Waals surface area contributed by atoms with Crippen LogP contribution in [0.3, 0.4) is 0 Å². The van der Waals surface area contributed by atoms with Crippen LogP contribution in [0.25, 0.3) is 0 Å². The van der Waals surface area contributed by atoms with Crippen molar-refractivity contribution >= 4 is 33.2 Å². The van der Waals surface area contributed by atoms with Gasteiger partial charge < -0.3 is 5.32 Å². The first kappa shape index (κ1) is 15.9. The van der Waals surface area contributed by atoms with Crippen molar-refractivity contribution in [3.63, 3.8) is 0 Å². The SMILES string of the molecule is C[C@H](NCc1ccc(Cl)c([N+](=O)[O-])c1)c1ccccc1Br. The van der Waals surface area contributed by atoms with Crippen LogP contribution in [0.5, 0.6) is 0 Å². The number of nitro groups is 1. The molecule has 6 heteroatoms. The van der Waals surface area contributed by atoms with Crippen LogP contribution in [0.2, 0.25) is 5.02 Å². The molecule has 4 nitrogen and oxygen atoms in total. The maximum Gasteiger partial charge on any atom is 0.288 e. The molecular weight excluding hydrogens is 356 g/mol. The first-order chi connectivity index (χ1) is 9.99. The third-order valence-electron chi connectivity index (χ3n) is 3.19. The van der Waals surface area contributed by atoms with Gasteiger partial charge in [-0.1, -0.05) is 51.8 Å². The quantitative estimate of drug-likeness (QED) is 0.605. The molecule has 0 saturated heterocycles. The Hall–Kier alpha value is -1.43. The molecule has 0 heterocycles. The lowest BCUT2D eigenvalue weighted by molar-refractivity contribution is -0.384. The van der Waals surface area contributed by atoms with Crippen LogP contribution < -0.4 is 5.32 Å². The van der Waals surface area contributed by atoms with Crippen LogP contribution in [0, 0.1) is 10.1 Å². The second-order valence-corrected chi connectivity index (χ2v) is 5.93. The highest BCUT2D eigenvalue weighted by Crippen LogP contribution is 2.26. The lowest BCUT2D eigenvalue weighted by Crippen LogP contribution is -2.18. The Bertz CT molecular complexity index is 664. The molecule has 0 saturated carbocycles. The molecule has 2 aromatic carbocycles. The summed E-state index contributed by atoms with van der Waals surface area (Å²) in [6, 6.07) is 12.9. The van der Waals surface area contributed by atoms with Gasteiger partial charge in [-0.2, -0.15) is 0 Å². The van der Waals surface area contributed by atoms with E-state index in [0.717, 1.165) is 15.6 Å². The fourth-order valence-corrected chi connectivity index (χ4v) is 2.83. The maximum absolute atomic E-state index is 10.9. The summed E-state index contributed by atoms with van der Waals surface area (Å²) in [4.78, 5) is 10.4. The van der Waals surface area contributed by atoms with Crippen molar-refractivity contribution in [2.45, 2.75) is 19.5 Å². The van der Waals surface area contributed by atoms with E-state index in [4.69, 9.17) is 11.6 Å². The average Bonchev–Trinajstić information content (AvgIpc) is 2.46. The van der Waals surface area contributed by atoms with Crippen LogP contribution in [0.4, 0.5) is 5.69 Å². The van der Waals surface area contributed by atoms with Gasteiger partial charge in [0.1, 0.15) is 5.02 Å². The van der Waals surface area contributed by atoms with Crippen molar-refractivity contribution in [3.05, 3.63) is 73.2 Å². The third-order valence-corrected chi connectivity index (χ3v) is 4.23. The van der Waals surface area contributed by atoms with Crippen LogP contribution >= 0.6 is 27.5 Å². The molecule has 1 atom stereocenters. The van der Waals surface area contributed by atoms with Gasteiger partial charge >= 0.3 is 0 Å². The molecule has 0 bridgehead atoms. The Kier molecular flexibility index (Phi) is 5.33. The van der Waals surface area contributed by atoms with E-state index in [0.29, 0.717) is 6.54 Å². The number of nitrogens with zero attached hydrogens (tertiary/aromatic N) is 1. The predicted molar refractivity (Wildman–Crippen MR) is 87.5 cm³/mol. The monoisotopic (exact) mass is 368 g/mol. The summed E-state index contributed by atoms with van der Waals surface area (Å²) in [5, 5.41) is 14.4. The van der Waals surface area contributed by atoms with E-state index in [2.05, 4.69) is 21.2 Å². The summed E-state index contributed by atoms with van der Waals surface area (Å²) in [5.41, 5.74) is 1.90. The summed E-state index contributed by atoms with van der Waals surface area (Å²) >= 11 is 9.32. The van der Waals surface area contributed by atoms with Gasteiger partial charge in [0, 0.05) is 23.1 Å². The number of hydrogen-bond donors (Lipinski definition) is 1. The minimum absolute atomic E-state index is 0.0653. The molecular formula is C15H14BrClN2O2. The molecule has 2 rings (SSSR count). The van der Waals surface area contributed by atoms with Gasteiger partial charge in [0.15, 0.2) is 0 Å². The minimum atomic E-state index is -0.469. The number of hydrogen-bond acceptors (Lipinski definition) is 3. The largest absolute Gasteiger partial charge is 0.306 e. The molecule has 0 aliphatic heterocycles. The van der Waals surface area contributed by atoms with Crippen LogP contribution in [-0.4, -0.2) is 4.92 Å². The van der Waals surface area contributed by atoms with E-state index in [1.807, 2.05) is 31.2 Å². The lowest BCUT2D eigenvalue weighted by Gasteiger charge is -2.16. The van der Waals surface area contributed by atoms with Crippen molar-refractivity contribution < 1.29 is 4.92 Å². The van der Waals surface area contributed by atoms with Crippen molar-refractivity contribution in [1.29, 1.82) is 0 Å². The molecule has 1 N–H and O–H groups in total. The number of halogens is 2. The van der Waals surface area contributed by atoms with Crippen LogP contribution in [0.15, 0.2) is 46.9 Å². The lowest BCUT2D eigenvalue weighted by atomic mass is 10.1. The number of rotatable bonds is 5. The fourth-order valence-electron chi connectivity index (χ4n) is 2.02. The number of benzene rings is 2. The Balaban J connectivity index is 2.08. The second kappa shape index (κ2) is 7.02. The van der Waals surface area contributed by atoms with Crippen molar-refractivity contribution in [3.8, 4) is 0 Å². The number of nitro benzene ring substituents is 1. The fraction of sp³-hybridized carbons (Fsp3) is 0.200. The van der Waals surface area contributed by atoms with Gasteiger partial charge in [-0.25, -0.2) is 0 Å². The van der Waals surface area contributed by atoms with Crippen molar-refractivity contribution in [2.24, 2.45) is 0 Å². The first-order valence-corrected chi connectivity index (χ1v) is 7.56. The van der Waals surface area contributed by atoms with Crippen molar-refractivity contribution in [2.75, 3.05) is 0 Å². The second-order valence-electron chi connectivity index (χ2n) is 4.67. The Morgan fingerprint density at radius 2 is 2.05 bits per heavy atom. The molecule has 2 aromatic rings. The molecule has 0 fully saturated rings. The summed E-state index contributed by atoms with van der Waals surface area (Å²) < 4.78 is 1.03. The van der Waals surface area contributed by atoms with Crippen molar-refractivity contribution in [1.82, 2.24) is 5.32 Å². The molecule has 0 unspecified atom stereocenters. The molecule has 21 heavy (non-hydrogen) atoms. The summed E-state index contributed by atoms with van der Waals surface area (Å²) in [5.74, 6) is 0. The zero-order valence-electron chi connectivity index (χ0n) is 11.3. The standard InChI is InChI=1S/C15H14BrClN2O2/c1-10(12-4-2-3-5-13(12)16)18-9-11-6-7-14(17)15(8-11)19(20)21/h2-8,10,18H,9H2,1H3/t10-/m0/s1. The van der Waals surface area contributed by atoms with E-state index < -0.39 is 4.92 Å². The topological polar surface area (TPSA) is 55.2 Å². The summed E-state index contributed by atoms with van der Waals surface area (Å²) in [7, 11) is 0. The molecule has 0 spiro atoms. The highest BCUT2D eigenvalue weighted by Gasteiger charge is 2.13. The van der Waals surface area contributed by atoms with Gasteiger partial charge in [-0.05, 0) is 30.2 Å². The highest BCUT2D eigenvalue weighted by atomic mass is 79.9. The average molecular weight is 370 g/mol. The predicted octanol–water partition coefficient (Wildman–Crippen LogP) is 4.86.